The molecule has 0 spiro atoms. The van der Waals surface area contributed by atoms with Crippen LogP contribution in [0, 0.1) is 0 Å². The quantitative estimate of drug-likeness (QED) is 0.567. The summed E-state index contributed by atoms with van der Waals surface area (Å²) < 4.78 is 7.20. The highest BCUT2D eigenvalue weighted by molar-refractivity contribution is 5.66. The fraction of sp³-hybridized carbons (Fsp3) is 0.150. The number of anilines is 3. The number of aromatic nitrogens is 4. The zero-order valence-corrected chi connectivity index (χ0v) is 15.2. The van der Waals surface area contributed by atoms with Gasteiger partial charge in [0.15, 0.2) is 11.5 Å². The molecule has 0 radical (unpaired) electrons. The third-order valence-corrected chi connectivity index (χ3v) is 4.25. The Bertz CT molecular complexity index is 1050. The molecule has 27 heavy (non-hydrogen) atoms. The standard InChI is InChI=1S/C20H20N6O/c1-25(14-15-6-5-11-21-12-15)19-10-9-18-22-13-20(26(18)24-19)23-16-7-3-4-8-17(16)27-2/h3-13,23H,14H2,1-2H3. The Morgan fingerprint density at radius 2 is 1.96 bits per heavy atom. The van der Waals surface area contributed by atoms with Crippen LogP contribution in [-0.4, -0.2) is 33.7 Å². The van der Waals surface area contributed by atoms with Gasteiger partial charge in [-0.15, -0.1) is 5.10 Å². The van der Waals surface area contributed by atoms with E-state index in [1.54, 1.807) is 24.0 Å². The summed E-state index contributed by atoms with van der Waals surface area (Å²) in [4.78, 5) is 10.7. The van der Waals surface area contributed by atoms with Gasteiger partial charge >= 0.3 is 0 Å². The van der Waals surface area contributed by atoms with Gasteiger partial charge in [0.1, 0.15) is 11.6 Å². The minimum Gasteiger partial charge on any atom is -0.495 e. The highest BCUT2D eigenvalue weighted by Crippen LogP contribution is 2.27. The van der Waals surface area contributed by atoms with Crippen LogP contribution in [0.1, 0.15) is 5.56 Å². The number of fused-ring (bicyclic) bond motifs is 1. The molecular formula is C20H20N6O. The molecule has 3 heterocycles. The number of rotatable bonds is 6. The van der Waals surface area contributed by atoms with Gasteiger partial charge < -0.3 is 15.0 Å². The lowest BCUT2D eigenvalue weighted by Crippen LogP contribution is -2.19. The van der Waals surface area contributed by atoms with E-state index in [1.165, 1.54) is 0 Å². The van der Waals surface area contributed by atoms with Crippen LogP contribution in [0.25, 0.3) is 5.65 Å². The first-order chi connectivity index (χ1) is 13.2. The molecule has 0 bridgehead atoms. The van der Waals surface area contributed by atoms with E-state index < -0.39 is 0 Å². The summed E-state index contributed by atoms with van der Waals surface area (Å²) in [5.74, 6) is 2.37. The Morgan fingerprint density at radius 1 is 1.07 bits per heavy atom. The maximum atomic E-state index is 5.41. The van der Waals surface area contributed by atoms with E-state index in [2.05, 4.69) is 20.2 Å². The normalized spacial score (nSPS) is 10.7. The van der Waals surface area contributed by atoms with E-state index in [0.717, 1.165) is 40.8 Å². The number of hydrogen-bond donors (Lipinski definition) is 1. The molecule has 0 amide bonds. The number of methoxy groups -OCH3 is 1. The van der Waals surface area contributed by atoms with Crippen molar-refractivity contribution in [2.75, 3.05) is 24.4 Å². The van der Waals surface area contributed by atoms with Crippen LogP contribution in [0.2, 0.25) is 0 Å². The molecule has 0 aliphatic rings. The summed E-state index contributed by atoms with van der Waals surface area (Å²) in [7, 11) is 3.66. The minimum absolute atomic E-state index is 0.719. The maximum Gasteiger partial charge on any atom is 0.156 e. The smallest absolute Gasteiger partial charge is 0.156 e. The van der Waals surface area contributed by atoms with Crippen LogP contribution in [-0.2, 0) is 6.54 Å². The third-order valence-electron chi connectivity index (χ3n) is 4.25. The summed E-state index contributed by atoms with van der Waals surface area (Å²) in [5.41, 5.74) is 2.75. The fourth-order valence-corrected chi connectivity index (χ4v) is 2.88. The molecule has 4 rings (SSSR count). The number of nitrogens with one attached hydrogen (secondary N) is 1. The van der Waals surface area contributed by atoms with Crippen molar-refractivity contribution in [1.82, 2.24) is 19.6 Å². The number of pyridine rings is 1. The van der Waals surface area contributed by atoms with Crippen LogP contribution in [0.15, 0.2) is 67.1 Å². The highest BCUT2D eigenvalue weighted by Gasteiger charge is 2.11. The molecule has 4 aromatic rings. The van der Waals surface area contributed by atoms with Gasteiger partial charge in [0.2, 0.25) is 0 Å². The maximum absolute atomic E-state index is 5.41. The van der Waals surface area contributed by atoms with E-state index in [-0.39, 0.29) is 0 Å². The SMILES string of the molecule is COc1ccccc1Nc1cnc2ccc(N(C)Cc3cccnc3)nn12. The first-order valence-electron chi connectivity index (χ1n) is 8.59. The Labute approximate surface area is 157 Å². The summed E-state index contributed by atoms with van der Waals surface area (Å²) in [6, 6.07) is 15.7. The molecule has 0 aliphatic carbocycles. The number of para-hydroxylation sites is 2. The summed E-state index contributed by atoms with van der Waals surface area (Å²) in [6.07, 6.45) is 5.40. The number of hydrogen-bond acceptors (Lipinski definition) is 6. The average molecular weight is 360 g/mol. The molecule has 0 saturated carbocycles. The van der Waals surface area contributed by atoms with Gasteiger partial charge in [-0.25, -0.2) is 4.98 Å². The van der Waals surface area contributed by atoms with Gasteiger partial charge in [-0.05, 0) is 35.9 Å². The van der Waals surface area contributed by atoms with Gasteiger partial charge in [0.05, 0.1) is 19.0 Å². The molecule has 0 saturated heterocycles. The summed E-state index contributed by atoms with van der Waals surface area (Å²) in [5, 5.41) is 8.09. The lowest BCUT2D eigenvalue weighted by atomic mass is 10.3. The van der Waals surface area contributed by atoms with E-state index in [0.29, 0.717) is 0 Å². The van der Waals surface area contributed by atoms with Crippen LogP contribution < -0.4 is 15.0 Å². The number of ether oxygens (including phenoxy) is 1. The highest BCUT2D eigenvalue weighted by atomic mass is 16.5. The Hall–Kier alpha value is -3.61. The van der Waals surface area contributed by atoms with E-state index in [1.807, 2.05) is 61.8 Å². The number of nitrogens with zero attached hydrogens (tertiary/aromatic N) is 5. The van der Waals surface area contributed by atoms with E-state index in [4.69, 9.17) is 9.84 Å². The second kappa shape index (κ2) is 7.33. The Balaban J connectivity index is 1.63. The van der Waals surface area contributed by atoms with Gasteiger partial charge in [-0.2, -0.15) is 4.52 Å². The molecule has 0 atom stereocenters. The Morgan fingerprint density at radius 3 is 2.78 bits per heavy atom. The van der Waals surface area contributed by atoms with Gasteiger partial charge in [-0.3, -0.25) is 4.98 Å². The molecular weight excluding hydrogens is 340 g/mol. The fourth-order valence-electron chi connectivity index (χ4n) is 2.88. The average Bonchev–Trinajstić information content (AvgIpc) is 3.11. The van der Waals surface area contributed by atoms with Crippen molar-refractivity contribution in [3.05, 3.63) is 72.7 Å². The zero-order chi connectivity index (χ0) is 18.6. The third kappa shape index (κ3) is 3.52. The van der Waals surface area contributed by atoms with Crippen molar-refractivity contribution in [2.45, 2.75) is 6.54 Å². The van der Waals surface area contributed by atoms with Crippen molar-refractivity contribution in [2.24, 2.45) is 0 Å². The molecule has 1 aromatic carbocycles. The zero-order valence-electron chi connectivity index (χ0n) is 15.2. The molecule has 7 heteroatoms. The van der Waals surface area contributed by atoms with Crippen molar-refractivity contribution < 1.29 is 4.74 Å². The molecule has 0 aliphatic heterocycles. The van der Waals surface area contributed by atoms with Gasteiger partial charge in [-0.1, -0.05) is 18.2 Å². The van der Waals surface area contributed by atoms with E-state index >= 15 is 0 Å². The molecule has 1 N–H and O–H groups in total. The Kier molecular flexibility index (Phi) is 4.57. The lowest BCUT2D eigenvalue weighted by Gasteiger charge is -2.18. The topological polar surface area (TPSA) is 67.6 Å². The number of imidazole rings is 1. The van der Waals surface area contributed by atoms with Gasteiger partial charge in [0, 0.05) is 26.0 Å². The molecule has 0 unspecified atom stereocenters. The van der Waals surface area contributed by atoms with Crippen molar-refractivity contribution in [1.29, 1.82) is 0 Å². The van der Waals surface area contributed by atoms with E-state index in [9.17, 15) is 0 Å². The monoisotopic (exact) mass is 360 g/mol. The summed E-state index contributed by atoms with van der Waals surface area (Å²) >= 11 is 0. The second-order valence-electron chi connectivity index (χ2n) is 6.15. The van der Waals surface area contributed by atoms with Crippen molar-refractivity contribution in [3.8, 4) is 5.75 Å². The molecule has 0 fully saturated rings. The van der Waals surface area contributed by atoms with Crippen LogP contribution in [0.3, 0.4) is 0 Å². The van der Waals surface area contributed by atoms with Crippen molar-refractivity contribution >= 4 is 23.0 Å². The van der Waals surface area contributed by atoms with Crippen LogP contribution in [0.4, 0.5) is 17.3 Å². The van der Waals surface area contributed by atoms with Crippen molar-refractivity contribution in [3.63, 3.8) is 0 Å². The molecule has 3 aromatic heterocycles. The largest absolute Gasteiger partial charge is 0.495 e. The summed E-state index contributed by atoms with van der Waals surface area (Å²) in [6.45, 7) is 0.719. The van der Waals surface area contributed by atoms with Crippen LogP contribution >= 0.6 is 0 Å². The molecule has 7 nitrogen and oxygen atoms in total. The lowest BCUT2D eigenvalue weighted by molar-refractivity contribution is 0.417. The minimum atomic E-state index is 0.719. The first-order valence-corrected chi connectivity index (χ1v) is 8.59. The first kappa shape index (κ1) is 16.8. The second-order valence-corrected chi connectivity index (χ2v) is 6.15. The number of benzene rings is 1. The van der Waals surface area contributed by atoms with Crippen LogP contribution in [0.5, 0.6) is 5.75 Å². The molecule has 136 valence electrons. The predicted octanol–water partition coefficient (Wildman–Crippen LogP) is 3.51. The predicted molar refractivity (Wildman–Crippen MR) is 106 cm³/mol. The van der Waals surface area contributed by atoms with Gasteiger partial charge in [0.25, 0.3) is 0 Å².